The Bertz CT molecular complexity index is 1200. The van der Waals surface area contributed by atoms with Crippen molar-refractivity contribution in [2.45, 2.75) is 290 Å². The van der Waals surface area contributed by atoms with Crippen molar-refractivity contribution >= 4 is 17.9 Å². The van der Waals surface area contributed by atoms with Crippen molar-refractivity contribution < 1.29 is 28.6 Å². The molecule has 0 aliphatic carbocycles. The van der Waals surface area contributed by atoms with Gasteiger partial charge in [-0.1, -0.05) is 248 Å². The molecule has 1 unspecified atom stereocenters. The number of hydrogen-bond donors (Lipinski definition) is 0. The average molecular weight is 924 g/mol. The molecule has 0 bridgehead atoms. The van der Waals surface area contributed by atoms with Gasteiger partial charge >= 0.3 is 17.9 Å². The van der Waals surface area contributed by atoms with E-state index in [1.165, 1.54) is 154 Å². The van der Waals surface area contributed by atoms with Crippen molar-refractivity contribution in [3.63, 3.8) is 0 Å². The summed E-state index contributed by atoms with van der Waals surface area (Å²) in [4.78, 5) is 38.1. The Labute approximate surface area is 409 Å². The second-order valence-electron chi connectivity index (χ2n) is 18.9. The molecule has 0 spiro atoms. The summed E-state index contributed by atoms with van der Waals surface area (Å²) in [5.41, 5.74) is 0. The van der Waals surface area contributed by atoms with Crippen molar-refractivity contribution in [1.29, 1.82) is 0 Å². The summed E-state index contributed by atoms with van der Waals surface area (Å²) in [6.45, 7) is 6.60. The van der Waals surface area contributed by atoms with Crippen LogP contribution in [0.3, 0.4) is 0 Å². The van der Waals surface area contributed by atoms with E-state index in [2.05, 4.69) is 81.5 Å². The lowest BCUT2D eigenvalue weighted by Crippen LogP contribution is -2.30. The molecule has 0 radical (unpaired) electrons. The molecule has 0 fully saturated rings. The molecule has 0 N–H and O–H groups in total. The van der Waals surface area contributed by atoms with Crippen LogP contribution in [0.1, 0.15) is 284 Å². The third kappa shape index (κ3) is 52.1. The third-order valence-electron chi connectivity index (χ3n) is 12.3. The van der Waals surface area contributed by atoms with Gasteiger partial charge in [-0.05, 0) is 77.0 Å². The predicted molar refractivity (Wildman–Crippen MR) is 284 cm³/mol. The summed E-state index contributed by atoms with van der Waals surface area (Å²) in [5, 5.41) is 0. The van der Waals surface area contributed by atoms with Crippen LogP contribution in [0.15, 0.2) is 60.8 Å². The van der Waals surface area contributed by atoms with Gasteiger partial charge in [0.2, 0.25) is 0 Å². The van der Waals surface area contributed by atoms with Crippen molar-refractivity contribution in [2.75, 3.05) is 13.2 Å². The van der Waals surface area contributed by atoms with Crippen LogP contribution in [0.2, 0.25) is 0 Å². The van der Waals surface area contributed by atoms with E-state index in [9.17, 15) is 14.4 Å². The van der Waals surface area contributed by atoms with Crippen molar-refractivity contribution in [3.8, 4) is 0 Å². The summed E-state index contributed by atoms with van der Waals surface area (Å²) >= 11 is 0. The fourth-order valence-electron chi connectivity index (χ4n) is 8.00. The minimum atomic E-state index is -0.785. The molecule has 0 saturated carbocycles. The summed E-state index contributed by atoms with van der Waals surface area (Å²) < 4.78 is 16.8. The normalized spacial score (nSPS) is 12.5. The van der Waals surface area contributed by atoms with Crippen LogP contribution in [0.4, 0.5) is 0 Å². The molecule has 0 amide bonds. The van der Waals surface area contributed by atoms with Gasteiger partial charge in [0.05, 0.1) is 0 Å². The zero-order valence-electron chi connectivity index (χ0n) is 43.7. The average Bonchev–Trinajstić information content (AvgIpc) is 3.31. The summed E-state index contributed by atoms with van der Waals surface area (Å²) in [5.74, 6) is -0.900. The van der Waals surface area contributed by atoms with Crippen molar-refractivity contribution in [3.05, 3.63) is 60.8 Å². The Kier molecular flexibility index (Phi) is 52.3. The second-order valence-corrected chi connectivity index (χ2v) is 18.9. The Balaban J connectivity index is 4.41. The Hall–Kier alpha value is -2.89. The van der Waals surface area contributed by atoms with Crippen LogP contribution in [0.5, 0.6) is 0 Å². The Morgan fingerprint density at radius 1 is 0.318 bits per heavy atom. The van der Waals surface area contributed by atoms with E-state index >= 15 is 0 Å². The minimum absolute atomic E-state index is 0.0820. The predicted octanol–water partition coefficient (Wildman–Crippen LogP) is 18.8. The lowest BCUT2D eigenvalue weighted by molar-refractivity contribution is -0.167. The first-order valence-corrected chi connectivity index (χ1v) is 28.3. The Morgan fingerprint density at radius 3 is 0.985 bits per heavy atom. The monoisotopic (exact) mass is 923 g/mol. The maximum atomic E-state index is 12.8. The molecule has 6 heteroatoms. The highest BCUT2D eigenvalue weighted by Gasteiger charge is 2.19. The number of hydrogen-bond acceptors (Lipinski definition) is 6. The number of carbonyl (C=O) groups excluding carboxylic acids is 3. The van der Waals surface area contributed by atoms with Crippen LogP contribution >= 0.6 is 0 Å². The van der Waals surface area contributed by atoms with Gasteiger partial charge in [-0.15, -0.1) is 0 Å². The fourth-order valence-corrected chi connectivity index (χ4v) is 8.00. The molecule has 6 nitrogen and oxygen atoms in total. The highest BCUT2D eigenvalue weighted by molar-refractivity contribution is 5.71. The summed E-state index contributed by atoms with van der Waals surface area (Å²) in [7, 11) is 0. The van der Waals surface area contributed by atoms with Crippen molar-refractivity contribution in [2.24, 2.45) is 0 Å². The molecule has 0 saturated heterocycles. The third-order valence-corrected chi connectivity index (χ3v) is 12.3. The molecule has 0 rings (SSSR count). The Morgan fingerprint density at radius 2 is 0.606 bits per heavy atom. The number of unbranched alkanes of at least 4 members (excludes halogenated alkanes) is 32. The lowest BCUT2D eigenvalue weighted by Gasteiger charge is -2.18. The van der Waals surface area contributed by atoms with E-state index in [1.807, 2.05) is 0 Å². The molecular formula is C60H106O6. The van der Waals surface area contributed by atoms with E-state index in [4.69, 9.17) is 14.2 Å². The first kappa shape index (κ1) is 63.1. The van der Waals surface area contributed by atoms with E-state index in [0.29, 0.717) is 19.3 Å². The number of ether oxygens (including phenoxy) is 3. The smallest absolute Gasteiger partial charge is 0.306 e. The molecule has 0 aromatic heterocycles. The fraction of sp³-hybridized carbons (Fsp3) is 0.783. The summed E-state index contributed by atoms with van der Waals surface area (Å²) in [6, 6.07) is 0. The number of esters is 3. The van der Waals surface area contributed by atoms with Gasteiger partial charge in [0.1, 0.15) is 13.2 Å². The highest BCUT2D eigenvalue weighted by atomic mass is 16.6. The zero-order valence-corrected chi connectivity index (χ0v) is 43.7. The van der Waals surface area contributed by atoms with E-state index in [-0.39, 0.29) is 31.1 Å². The largest absolute Gasteiger partial charge is 0.462 e. The van der Waals surface area contributed by atoms with E-state index < -0.39 is 6.10 Å². The molecule has 0 aromatic rings. The molecule has 66 heavy (non-hydrogen) atoms. The van der Waals surface area contributed by atoms with Crippen molar-refractivity contribution in [1.82, 2.24) is 0 Å². The number of allylic oxidation sites excluding steroid dienone is 10. The lowest BCUT2D eigenvalue weighted by atomic mass is 10.0. The quantitative estimate of drug-likeness (QED) is 0.0199. The van der Waals surface area contributed by atoms with E-state index in [0.717, 1.165) is 89.9 Å². The molecular weight excluding hydrogens is 817 g/mol. The standard InChI is InChI=1S/C60H106O6/c1-4-7-10-13-16-19-22-25-27-29-31-32-35-38-41-44-47-50-53-59(62)65-56-57(55-64-58(61)52-49-46-43-40-37-34-24-21-18-15-12-9-6-3)66-60(63)54-51-48-45-42-39-36-33-30-28-26-23-20-17-14-11-8-5-2/h17,20,22,25-29,31-32,57H,4-16,18-19,21,23-24,30,33-56H2,1-3H3/b20-17-,25-22-,28-26-,29-27-,32-31-. The van der Waals surface area contributed by atoms with Crippen LogP contribution in [0.25, 0.3) is 0 Å². The maximum absolute atomic E-state index is 12.8. The highest BCUT2D eigenvalue weighted by Crippen LogP contribution is 2.15. The number of rotatable bonds is 51. The van der Waals surface area contributed by atoms with Gasteiger partial charge in [-0.25, -0.2) is 0 Å². The molecule has 0 aliphatic rings. The number of carbonyl (C=O) groups is 3. The van der Waals surface area contributed by atoms with Gasteiger partial charge in [0.25, 0.3) is 0 Å². The zero-order chi connectivity index (χ0) is 47.9. The molecule has 382 valence electrons. The van der Waals surface area contributed by atoms with Gasteiger partial charge < -0.3 is 14.2 Å². The summed E-state index contributed by atoms with van der Waals surface area (Å²) in [6.07, 6.45) is 67.7. The van der Waals surface area contributed by atoms with E-state index in [1.54, 1.807) is 0 Å². The maximum Gasteiger partial charge on any atom is 0.306 e. The topological polar surface area (TPSA) is 78.9 Å². The van der Waals surface area contributed by atoms with Gasteiger partial charge in [-0.3, -0.25) is 14.4 Å². The second kappa shape index (κ2) is 54.7. The molecule has 0 aromatic carbocycles. The SMILES string of the molecule is CCCCC/C=C\C/C=C\CCCCCCCCCC(=O)OC(COC(=O)CCCCCCC\C=C/C=C\C=C/CCCCCCC)COC(=O)CCCCCCCCCCCCCCC. The van der Waals surface area contributed by atoms with Gasteiger partial charge in [-0.2, -0.15) is 0 Å². The van der Waals surface area contributed by atoms with Gasteiger partial charge in [0.15, 0.2) is 6.10 Å². The first-order valence-electron chi connectivity index (χ1n) is 28.3. The first-order chi connectivity index (χ1) is 32.5. The van der Waals surface area contributed by atoms with Crippen LogP contribution in [-0.4, -0.2) is 37.2 Å². The molecule has 0 aliphatic heterocycles. The van der Waals surface area contributed by atoms with Crippen LogP contribution in [0, 0.1) is 0 Å². The van der Waals surface area contributed by atoms with Crippen LogP contribution < -0.4 is 0 Å². The van der Waals surface area contributed by atoms with Gasteiger partial charge in [0, 0.05) is 19.3 Å². The molecule has 0 heterocycles. The van der Waals surface area contributed by atoms with Crippen LogP contribution in [-0.2, 0) is 28.6 Å². The minimum Gasteiger partial charge on any atom is -0.462 e. The molecule has 1 atom stereocenters.